The lowest BCUT2D eigenvalue weighted by Gasteiger charge is -2.17. The third-order valence-corrected chi connectivity index (χ3v) is 3.48. The molecule has 0 aliphatic carbocycles. The molecule has 0 fully saturated rings. The first-order chi connectivity index (χ1) is 8.67. The van der Waals surface area contributed by atoms with Crippen LogP contribution in [-0.2, 0) is 5.92 Å². The molecule has 2 N–H and O–H groups in total. The first-order valence-electron chi connectivity index (χ1n) is 5.99. The van der Waals surface area contributed by atoms with Crippen molar-refractivity contribution in [2.24, 2.45) is 0 Å². The molecule has 0 saturated heterocycles. The smallest absolute Gasteiger partial charge is 0.285 e. The molecule has 0 aromatic heterocycles. The van der Waals surface area contributed by atoms with Crippen molar-refractivity contribution in [2.45, 2.75) is 12.3 Å². The van der Waals surface area contributed by atoms with Crippen molar-refractivity contribution in [2.75, 3.05) is 31.2 Å². The van der Waals surface area contributed by atoms with Crippen molar-refractivity contribution in [3.8, 4) is 0 Å². The van der Waals surface area contributed by atoms with Gasteiger partial charge in [0.25, 0.3) is 5.92 Å². The van der Waals surface area contributed by atoms with Crippen LogP contribution in [0.2, 0.25) is 0 Å². The molecule has 18 heavy (non-hydrogen) atoms. The summed E-state index contributed by atoms with van der Waals surface area (Å²) in [5, 5.41) is 11.3. The average molecular weight is 275 g/mol. The molecule has 2 nitrogen and oxygen atoms in total. The van der Waals surface area contributed by atoms with Crippen LogP contribution in [-0.4, -0.2) is 36.3 Å². The van der Waals surface area contributed by atoms with Gasteiger partial charge in [-0.15, -0.1) is 0 Å². The molecule has 0 bridgehead atoms. The molecule has 102 valence electrons. The maximum absolute atomic E-state index is 13.7. The normalized spacial score (nSPS) is 11.7. The van der Waals surface area contributed by atoms with Crippen LogP contribution in [0.4, 0.5) is 8.78 Å². The number of aliphatic hydroxyl groups is 1. The number of aliphatic hydroxyl groups excluding tert-OH is 1. The van der Waals surface area contributed by atoms with Crippen LogP contribution >= 0.6 is 11.8 Å². The van der Waals surface area contributed by atoms with Gasteiger partial charge in [0.1, 0.15) is 0 Å². The fourth-order valence-electron chi connectivity index (χ4n) is 1.44. The quantitative estimate of drug-likeness (QED) is 0.679. The maximum Gasteiger partial charge on any atom is 0.285 e. The highest BCUT2D eigenvalue weighted by atomic mass is 32.2. The number of thioether (sulfide) groups is 1. The summed E-state index contributed by atoms with van der Waals surface area (Å²) in [7, 11) is 0. The second kappa shape index (κ2) is 8.45. The Kier molecular flexibility index (Phi) is 7.23. The first-order valence-corrected chi connectivity index (χ1v) is 7.15. The first kappa shape index (κ1) is 15.4. The number of hydrogen-bond donors (Lipinski definition) is 2. The Morgan fingerprint density at radius 1 is 1.17 bits per heavy atom. The molecular formula is C13H19F2NOS. The average Bonchev–Trinajstić information content (AvgIpc) is 2.39. The van der Waals surface area contributed by atoms with E-state index in [4.69, 9.17) is 5.11 Å². The molecule has 0 amide bonds. The van der Waals surface area contributed by atoms with Crippen molar-refractivity contribution in [1.29, 1.82) is 0 Å². The van der Waals surface area contributed by atoms with Crippen molar-refractivity contribution >= 4 is 11.8 Å². The molecule has 5 heteroatoms. The van der Waals surface area contributed by atoms with E-state index < -0.39 is 5.92 Å². The third-order valence-electron chi connectivity index (χ3n) is 2.41. The van der Waals surface area contributed by atoms with Gasteiger partial charge in [-0.25, -0.2) is 0 Å². The van der Waals surface area contributed by atoms with Crippen LogP contribution in [0, 0.1) is 0 Å². The van der Waals surface area contributed by atoms with E-state index >= 15 is 0 Å². The minimum absolute atomic E-state index is 0.0467. The number of hydrogen-bond acceptors (Lipinski definition) is 3. The zero-order chi connectivity index (χ0) is 13.3. The number of rotatable bonds is 9. The fourth-order valence-corrected chi connectivity index (χ4v) is 2.27. The molecule has 1 rings (SSSR count). The minimum atomic E-state index is -2.82. The molecule has 1 aromatic rings. The van der Waals surface area contributed by atoms with Gasteiger partial charge in [0.05, 0.1) is 6.54 Å². The molecule has 1 aromatic carbocycles. The zero-order valence-electron chi connectivity index (χ0n) is 10.2. The van der Waals surface area contributed by atoms with Gasteiger partial charge >= 0.3 is 0 Å². The van der Waals surface area contributed by atoms with Crippen LogP contribution in [0.1, 0.15) is 12.0 Å². The van der Waals surface area contributed by atoms with Gasteiger partial charge in [0.15, 0.2) is 0 Å². The summed E-state index contributed by atoms with van der Waals surface area (Å²) < 4.78 is 27.4. The van der Waals surface area contributed by atoms with Crippen molar-refractivity contribution in [3.63, 3.8) is 0 Å². The van der Waals surface area contributed by atoms with Gasteiger partial charge in [0, 0.05) is 24.5 Å². The monoisotopic (exact) mass is 275 g/mol. The molecule has 0 unspecified atom stereocenters. The van der Waals surface area contributed by atoms with E-state index in [2.05, 4.69) is 5.32 Å². The SMILES string of the molecule is OCCCSCCNCC(F)(F)c1ccccc1. The Hall–Kier alpha value is -0.650. The number of benzene rings is 1. The molecule has 0 heterocycles. The molecule has 0 aliphatic heterocycles. The highest BCUT2D eigenvalue weighted by Crippen LogP contribution is 2.26. The van der Waals surface area contributed by atoms with Crippen molar-refractivity contribution in [3.05, 3.63) is 35.9 Å². The summed E-state index contributed by atoms with van der Waals surface area (Å²) in [6.45, 7) is 0.405. The lowest BCUT2D eigenvalue weighted by atomic mass is 10.1. The van der Waals surface area contributed by atoms with Gasteiger partial charge < -0.3 is 10.4 Å². The van der Waals surface area contributed by atoms with Crippen LogP contribution in [0.15, 0.2) is 30.3 Å². The Labute approximate surface area is 111 Å². The van der Waals surface area contributed by atoms with E-state index in [0.717, 1.165) is 17.9 Å². The van der Waals surface area contributed by atoms with E-state index in [-0.39, 0.29) is 18.7 Å². The Balaban J connectivity index is 2.18. The summed E-state index contributed by atoms with van der Waals surface area (Å²) >= 11 is 1.66. The molecule has 0 atom stereocenters. The topological polar surface area (TPSA) is 32.3 Å². The van der Waals surface area contributed by atoms with E-state index in [1.807, 2.05) is 0 Å². The fraction of sp³-hybridized carbons (Fsp3) is 0.538. The van der Waals surface area contributed by atoms with E-state index in [1.165, 1.54) is 12.1 Å². The predicted molar refractivity (Wildman–Crippen MR) is 72.2 cm³/mol. The van der Waals surface area contributed by atoms with Crippen LogP contribution < -0.4 is 5.32 Å². The number of nitrogens with one attached hydrogen (secondary N) is 1. The summed E-state index contributed by atoms with van der Waals surface area (Å²) in [5.41, 5.74) is 0.0467. The summed E-state index contributed by atoms with van der Waals surface area (Å²) in [6, 6.07) is 7.85. The van der Waals surface area contributed by atoms with Gasteiger partial charge in [0.2, 0.25) is 0 Å². The lowest BCUT2D eigenvalue weighted by Crippen LogP contribution is -2.32. The third kappa shape index (κ3) is 5.80. The van der Waals surface area contributed by atoms with Crippen LogP contribution in [0.5, 0.6) is 0 Å². The van der Waals surface area contributed by atoms with E-state index in [0.29, 0.717) is 6.54 Å². The standard InChI is InChI=1S/C13H19F2NOS/c14-13(15,12-5-2-1-3-6-12)11-16-7-10-18-9-4-8-17/h1-3,5-6,16-17H,4,7-11H2. The number of alkyl halides is 2. The van der Waals surface area contributed by atoms with Crippen molar-refractivity contribution in [1.82, 2.24) is 5.32 Å². The second-order valence-electron chi connectivity index (χ2n) is 3.94. The van der Waals surface area contributed by atoms with E-state index in [9.17, 15) is 8.78 Å². The molecule has 0 spiro atoms. The Morgan fingerprint density at radius 2 is 1.89 bits per heavy atom. The second-order valence-corrected chi connectivity index (χ2v) is 5.16. The van der Waals surface area contributed by atoms with Gasteiger partial charge in [-0.05, 0) is 12.2 Å². The summed E-state index contributed by atoms with van der Waals surface area (Å²) in [5.74, 6) is -1.17. The van der Waals surface area contributed by atoms with E-state index in [1.54, 1.807) is 30.0 Å². The lowest BCUT2D eigenvalue weighted by molar-refractivity contribution is -0.00252. The highest BCUT2D eigenvalue weighted by molar-refractivity contribution is 7.99. The molecular weight excluding hydrogens is 256 g/mol. The molecule has 0 radical (unpaired) electrons. The van der Waals surface area contributed by atoms with Gasteiger partial charge in [-0.1, -0.05) is 30.3 Å². The zero-order valence-corrected chi connectivity index (χ0v) is 11.1. The Morgan fingerprint density at radius 3 is 2.56 bits per heavy atom. The molecule has 0 aliphatic rings. The van der Waals surface area contributed by atoms with Crippen molar-refractivity contribution < 1.29 is 13.9 Å². The number of halogens is 2. The Bertz CT molecular complexity index is 322. The minimum Gasteiger partial charge on any atom is -0.396 e. The summed E-state index contributed by atoms with van der Waals surface area (Å²) in [6.07, 6.45) is 0.755. The molecule has 0 saturated carbocycles. The van der Waals surface area contributed by atoms with Gasteiger partial charge in [-0.3, -0.25) is 0 Å². The van der Waals surface area contributed by atoms with Crippen LogP contribution in [0.25, 0.3) is 0 Å². The van der Waals surface area contributed by atoms with Crippen LogP contribution in [0.3, 0.4) is 0 Å². The van der Waals surface area contributed by atoms with Gasteiger partial charge in [-0.2, -0.15) is 20.5 Å². The summed E-state index contributed by atoms with van der Waals surface area (Å²) in [4.78, 5) is 0. The predicted octanol–water partition coefficient (Wildman–Crippen LogP) is 2.48. The maximum atomic E-state index is 13.7. The highest BCUT2D eigenvalue weighted by Gasteiger charge is 2.30. The largest absolute Gasteiger partial charge is 0.396 e.